The molecule has 0 aliphatic heterocycles. The number of halogens is 1. The molecular formula is C19H19FN4O. The molecule has 25 heavy (non-hydrogen) atoms. The molecule has 0 aliphatic rings. The number of hydrogen-bond donors (Lipinski definition) is 1. The molecule has 5 nitrogen and oxygen atoms in total. The van der Waals surface area contributed by atoms with Gasteiger partial charge in [-0.1, -0.05) is 24.3 Å². The molecule has 1 N–H and O–H groups in total. The highest BCUT2D eigenvalue weighted by Crippen LogP contribution is 2.15. The Balaban J connectivity index is 1.49. The zero-order valence-electron chi connectivity index (χ0n) is 13.9. The quantitative estimate of drug-likeness (QED) is 0.752. The summed E-state index contributed by atoms with van der Waals surface area (Å²) in [7, 11) is 1.86. The number of aryl methyl sites for hydroxylation is 2. The lowest BCUT2D eigenvalue weighted by Crippen LogP contribution is -2.23. The fourth-order valence-electron chi connectivity index (χ4n) is 2.49. The average Bonchev–Trinajstić information content (AvgIpc) is 3.06. The summed E-state index contributed by atoms with van der Waals surface area (Å²) in [5.41, 5.74) is 3.25. The Morgan fingerprint density at radius 1 is 1.20 bits per heavy atom. The standard InChI is InChI=1S/C19H19FN4O/c1-24-13-16(12-23-24)18-8-6-14(10-21-18)11-22-19(25)9-7-15-4-2-3-5-17(15)20/h2-6,8,10,12-13H,7,9,11H2,1H3,(H,22,25). The van der Waals surface area contributed by atoms with Gasteiger partial charge >= 0.3 is 0 Å². The first kappa shape index (κ1) is 16.8. The minimum absolute atomic E-state index is 0.111. The van der Waals surface area contributed by atoms with E-state index in [2.05, 4.69) is 15.4 Å². The van der Waals surface area contributed by atoms with Crippen molar-refractivity contribution in [3.63, 3.8) is 0 Å². The summed E-state index contributed by atoms with van der Waals surface area (Å²) in [4.78, 5) is 16.3. The highest BCUT2D eigenvalue weighted by molar-refractivity contribution is 5.76. The summed E-state index contributed by atoms with van der Waals surface area (Å²) >= 11 is 0. The fourth-order valence-corrected chi connectivity index (χ4v) is 2.49. The van der Waals surface area contributed by atoms with Gasteiger partial charge in [0.2, 0.25) is 5.91 Å². The minimum Gasteiger partial charge on any atom is -0.352 e. The Kier molecular flexibility index (Phi) is 5.18. The van der Waals surface area contributed by atoms with Gasteiger partial charge in [0.25, 0.3) is 0 Å². The third-order valence-electron chi connectivity index (χ3n) is 3.89. The summed E-state index contributed by atoms with van der Waals surface area (Å²) in [6.07, 6.45) is 6.03. The van der Waals surface area contributed by atoms with Gasteiger partial charge in [-0.15, -0.1) is 0 Å². The van der Waals surface area contributed by atoms with Gasteiger partial charge in [-0.25, -0.2) is 4.39 Å². The van der Waals surface area contributed by atoms with Crippen molar-refractivity contribution in [3.8, 4) is 11.3 Å². The maximum absolute atomic E-state index is 13.5. The van der Waals surface area contributed by atoms with Gasteiger partial charge in [-0.3, -0.25) is 14.5 Å². The molecule has 0 radical (unpaired) electrons. The first-order chi connectivity index (χ1) is 12.1. The van der Waals surface area contributed by atoms with E-state index in [4.69, 9.17) is 0 Å². The van der Waals surface area contributed by atoms with Crippen molar-refractivity contribution in [2.24, 2.45) is 7.05 Å². The topological polar surface area (TPSA) is 59.8 Å². The fraction of sp³-hybridized carbons (Fsp3) is 0.211. The Hall–Kier alpha value is -3.02. The number of amides is 1. The summed E-state index contributed by atoms with van der Waals surface area (Å²) in [5.74, 6) is -0.384. The van der Waals surface area contributed by atoms with E-state index < -0.39 is 0 Å². The molecule has 0 atom stereocenters. The van der Waals surface area contributed by atoms with Gasteiger partial charge in [0.1, 0.15) is 5.82 Å². The predicted molar refractivity (Wildman–Crippen MR) is 93.0 cm³/mol. The second-order valence-electron chi connectivity index (χ2n) is 5.82. The molecule has 128 valence electrons. The van der Waals surface area contributed by atoms with Gasteiger partial charge in [-0.05, 0) is 29.7 Å². The van der Waals surface area contributed by atoms with Gasteiger partial charge in [0, 0.05) is 38.0 Å². The number of nitrogens with zero attached hydrogens (tertiary/aromatic N) is 3. The number of rotatable bonds is 6. The van der Waals surface area contributed by atoms with Crippen molar-refractivity contribution in [1.82, 2.24) is 20.1 Å². The molecule has 0 saturated heterocycles. The Morgan fingerprint density at radius 2 is 2.04 bits per heavy atom. The van der Waals surface area contributed by atoms with Crippen molar-refractivity contribution in [1.29, 1.82) is 0 Å². The molecule has 3 rings (SSSR count). The SMILES string of the molecule is Cn1cc(-c2ccc(CNC(=O)CCc3ccccc3F)cn2)cn1. The number of nitrogens with one attached hydrogen (secondary N) is 1. The van der Waals surface area contributed by atoms with Crippen LogP contribution in [-0.4, -0.2) is 20.7 Å². The van der Waals surface area contributed by atoms with E-state index in [1.165, 1.54) is 6.07 Å². The molecule has 2 aromatic heterocycles. The molecule has 0 saturated carbocycles. The lowest BCUT2D eigenvalue weighted by molar-refractivity contribution is -0.121. The van der Waals surface area contributed by atoms with Crippen LogP contribution in [0.15, 0.2) is 55.0 Å². The molecule has 3 aromatic rings. The van der Waals surface area contributed by atoms with Crippen LogP contribution in [0.25, 0.3) is 11.3 Å². The Labute approximate surface area is 145 Å². The molecule has 1 aromatic carbocycles. The van der Waals surface area contributed by atoms with Crippen LogP contribution >= 0.6 is 0 Å². The van der Waals surface area contributed by atoms with Crippen LogP contribution < -0.4 is 5.32 Å². The summed E-state index contributed by atoms with van der Waals surface area (Å²) in [6.45, 7) is 0.399. The van der Waals surface area contributed by atoms with Crippen LogP contribution in [0.2, 0.25) is 0 Å². The van der Waals surface area contributed by atoms with Crippen molar-refractivity contribution in [2.45, 2.75) is 19.4 Å². The number of hydrogen-bond acceptors (Lipinski definition) is 3. The summed E-state index contributed by atoms with van der Waals surface area (Å²) in [5, 5.41) is 6.95. The number of carbonyl (C=O) groups is 1. The lowest BCUT2D eigenvalue weighted by Gasteiger charge is -2.06. The molecule has 0 spiro atoms. The predicted octanol–water partition coefficient (Wildman–Crippen LogP) is 2.87. The zero-order valence-corrected chi connectivity index (χ0v) is 13.9. The number of benzene rings is 1. The highest BCUT2D eigenvalue weighted by atomic mass is 19.1. The Morgan fingerprint density at radius 3 is 2.72 bits per heavy atom. The van der Waals surface area contributed by atoms with Crippen LogP contribution in [0.1, 0.15) is 17.5 Å². The van der Waals surface area contributed by atoms with E-state index in [0.29, 0.717) is 18.5 Å². The molecule has 0 unspecified atom stereocenters. The summed E-state index contributed by atoms with van der Waals surface area (Å²) < 4.78 is 15.2. The van der Waals surface area contributed by atoms with Gasteiger partial charge in [0.15, 0.2) is 0 Å². The van der Waals surface area contributed by atoms with E-state index in [1.807, 2.05) is 25.4 Å². The molecular weight excluding hydrogens is 319 g/mol. The minimum atomic E-state index is -0.273. The first-order valence-corrected chi connectivity index (χ1v) is 8.06. The van der Waals surface area contributed by atoms with E-state index in [9.17, 15) is 9.18 Å². The van der Waals surface area contributed by atoms with Crippen LogP contribution in [0, 0.1) is 5.82 Å². The van der Waals surface area contributed by atoms with E-state index in [-0.39, 0.29) is 18.1 Å². The molecule has 0 aliphatic carbocycles. The van der Waals surface area contributed by atoms with Crippen molar-refractivity contribution < 1.29 is 9.18 Å². The summed E-state index contributed by atoms with van der Waals surface area (Å²) in [6, 6.07) is 10.3. The lowest BCUT2D eigenvalue weighted by atomic mass is 10.1. The highest BCUT2D eigenvalue weighted by Gasteiger charge is 2.06. The van der Waals surface area contributed by atoms with Gasteiger partial charge < -0.3 is 5.32 Å². The van der Waals surface area contributed by atoms with Crippen molar-refractivity contribution >= 4 is 5.91 Å². The van der Waals surface area contributed by atoms with Crippen molar-refractivity contribution in [3.05, 3.63) is 71.9 Å². The van der Waals surface area contributed by atoms with Crippen LogP contribution in [-0.2, 0) is 24.8 Å². The van der Waals surface area contributed by atoms with Gasteiger partial charge in [-0.2, -0.15) is 5.10 Å². The van der Waals surface area contributed by atoms with Crippen LogP contribution in [0.3, 0.4) is 0 Å². The number of carbonyl (C=O) groups excluding carboxylic acids is 1. The number of aromatic nitrogens is 3. The average molecular weight is 338 g/mol. The third-order valence-corrected chi connectivity index (χ3v) is 3.89. The van der Waals surface area contributed by atoms with Crippen LogP contribution in [0.4, 0.5) is 4.39 Å². The number of pyridine rings is 1. The third kappa shape index (κ3) is 4.50. The molecule has 2 heterocycles. The maximum Gasteiger partial charge on any atom is 0.220 e. The van der Waals surface area contributed by atoms with E-state index >= 15 is 0 Å². The normalized spacial score (nSPS) is 10.6. The molecule has 0 bridgehead atoms. The zero-order chi connectivity index (χ0) is 17.6. The molecule has 1 amide bonds. The second-order valence-corrected chi connectivity index (χ2v) is 5.82. The second kappa shape index (κ2) is 7.70. The Bertz CT molecular complexity index is 858. The monoisotopic (exact) mass is 338 g/mol. The molecule has 0 fully saturated rings. The first-order valence-electron chi connectivity index (χ1n) is 8.06. The van der Waals surface area contributed by atoms with E-state index in [1.54, 1.807) is 35.3 Å². The van der Waals surface area contributed by atoms with E-state index in [0.717, 1.165) is 16.8 Å². The van der Waals surface area contributed by atoms with Gasteiger partial charge in [0.05, 0.1) is 11.9 Å². The van der Waals surface area contributed by atoms with Crippen LogP contribution in [0.5, 0.6) is 0 Å². The smallest absolute Gasteiger partial charge is 0.220 e. The maximum atomic E-state index is 13.5. The molecule has 6 heteroatoms. The van der Waals surface area contributed by atoms with Crippen molar-refractivity contribution in [2.75, 3.05) is 0 Å². The largest absolute Gasteiger partial charge is 0.352 e.